The van der Waals surface area contributed by atoms with Crippen LogP contribution in [0.3, 0.4) is 0 Å². The molecule has 2 aromatic carbocycles. The number of rotatable bonds is 8. The van der Waals surface area contributed by atoms with Gasteiger partial charge in [0.05, 0.1) is 29.7 Å². The average Bonchev–Trinajstić information content (AvgIpc) is 3.65. The molecule has 1 atom stereocenters. The van der Waals surface area contributed by atoms with E-state index in [-0.39, 0.29) is 17.4 Å². The van der Waals surface area contributed by atoms with Crippen LogP contribution in [0.2, 0.25) is 0 Å². The Morgan fingerprint density at radius 2 is 2.03 bits per heavy atom. The highest BCUT2D eigenvalue weighted by Gasteiger charge is 2.24. The average molecular weight is 481 g/mol. The van der Waals surface area contributed by atoms with Crippen molar-refractivity contribution in [3.05, 3.63) is 113 Å². The van der Waals surface area contributed by atoms with Crippen LogP contribution in [0.1, 0.15) is 46.2 Å². The summed E-state index contributed by atoms with van der Waals surface area (Å²) in [5.41, 5.74) is 3.77. The van der Waals surface area contributed by atoms with Crippen molar-refractivity contribution in [1.29, 1.82) is 0 Å². The van der Waals surface area contributed by atoms with Crippen molar-refractivity contribution in [2.75, 3.05) is 11.9 Å². The number of hydrogen-bond acceptors (Lipinski definition) is 4. The minimum atomic E-state index is -0.531. The molecule has 0 saturated heterocycles. The van der Waals surface area contributed by atoms with Crippen LogP contribution >= 0.6 is 0 Å². The van der Waals surface area contributed by atoms with Gasteiger partial charge in [0.2, 0.25) is 0 Å². The van der Waals surface area contributed by atoms with Crippen LogP contribution in [0.5, 0.6) is 0 Å². The fourth-order valence-corrected chi connectivity index (χ4v) is 4.14. The molecule has 0 aliphatic heterocycles. The van der Waals surface area contributed by atoms with Crippen molar-refractivity contribution in [1.82, 2.24) is 20.1 Å². The lowest BCUT2D eigenvalue weighted by atomic mass is 9.99. The second-order valence-electron chi connectivity index (χ2n) is 8.98. The zero-order valence-electron chi connectivity index (χ0n) is 19.8. The van der Waals surface area contributed by atoms with Crippen molar-refractivity contribution in [2.24, 2.45) is 5.92 Å². The molecule has 1 aliphatic rings. The Bertz CT molecular complexity index is 1440. The van der Waals surface area contributed by atoms with Crippen LogP contribution in [0.25, 0.3) is 10.5 Å². The lowest BCUT2D eigenvalue weighted by molar-refractivity contribution is 0.101. The third-order valence-corrected chi connectivity index (χ3v) is 6.16. The van der Waals surface area contributed by atoms with Crippen LogP contribution in [-0.4, -0.2) is 27.2 Å². The molecule has 0 bridgehead atoms. The summed E-state index contributed by atoms with van der Waals surface area (Å²) in [4.78, 5) is 21.0. The molecule has 1 saturated carbocycles. The molecule has 1 fully saturated rings. The first-order valence-electron chi connectivity index (χ1n) is 11.8. The third-order valence-electron chi connectivity index (χ3n) is 6.16. The summed E-state index contributed by atoms with van der Waals surface area (Å²) < 4.78 is 16.3. The molecule has 5 rings (SSSR count). The zero-order chi connectivity index (χ0) is 25.1. The Hall–Kier alpha value is -4.35. The monoisotopic (exact) mass is 480 g/mol. The van der Waals surface area contributed by atoms with Gasteiger partial charge >= 0.3 is 0 Å². The summed E-state index contributed by atoms with van der Waals surface area (Å²) >= 11 is 0. The highest BCUT2D eigenvalue weighted by atomic mass is 19.1. The smallest absolute Gasteiger partial charge is 0.274 e. The molecule has 2 N–H and O–H groups in total. The van der Waals surface area contributed by atoms with E-state index in [0.717, 1.165) is 17.7 Å². The van der Waals surface area contributed by atoms with Gasteiger partial charge in [0.25, 0.3) is 5.91 Å². The van der Waals surface area contributed by atoms with Gasteiger partial charge in [-0.15, -0.1) is 0 Å². The molecule has 0 radical (unpaired) electrons. The van der Waals surface area contributed by atoms with Gasteiger partial charge in [-0.2, -0.15) is 5.10 Å². The molecule has 1 unspecified atom stereocenters. The summed E-state index contributed by atoms with van der Waals surface area (Å²) in [7, 11) is 0. The predicted octanol–water partition coefficient (Wildman–Crippen LogP) is 5.61. The predicted molar refractivity (Wildman–Crippen MR) is 136 cm³/mol. The van der Waals surface area contributed by atoms with Crippen molar-refractivity contribution < 1.29 is 9.18 Å². The van der Waals surface area contributed by atoms with Crippen LogP contribution < -0.4 is 10.6 Å². The summed E-state index contributed by atoms with van der Waals surface area (Å²) in [6.45, 7) is 9.89. The second kappa shape index (κ2) is 10.1. The molecule has 36 heavy (non-hydrogen) atoms. The second-order valence-corrected chi connectivity index (χ2v) is 8.98. The van der Waals surface area contributed by atoms with Gasteiger partial charge in [-0.25, -0.2) is 13.9 Å². The van der Waals surface area contributed by atoms with Gasteiger partial charge in [-0.3, -0.25) is 9.78 Å². The molecule has 7 nitrogen and oxygen atoms in total. The van der Waals surface area contributed by atoms with Gasteiger partial charge in [0.1, 0.15) is 11.5 Å². The normalized spacial score (nSPS) is 13.7. The highest BCUT2D eigenvalue weighted by Crippen LogP contribution is 2.31. The molecule has 8 heteroatoms. The van der Waals surface area contributed by atoms with Crippen molar-refractivity contribution in [3.63, 3.8) is 0 Å². The van der Waals surface area contributed by atoms with E-state index in [2.05, 4.69) is 25.6 Å². The number of halogens is 1. The Morgan fingerprint density at radius 1 is 1.17 bits per heavy atom. The van der Waals surface area contributed by atoms with E-state index in [1.165, 1.54) is 23.6 Å². The van der Waals surface area contributed by atoms with E-state index in [1.54, 1.807) is 61.8 Å². The molecule has 0 spiro atoms. The number of nitrogens with one attached hydrogen (secondary N) is 2. The number of pyridine rings is 1. The molecule has 180 valence electrons. The Kier molecular flexibility index (Phi) is 6.56. The first kappa shape index (κ1) is 23.4. The molecule has 2 heterocycles. The number of benzene rings is 2. The maximum atomic E-state index is 14.9. The number of amides is 1. The van der Waals surface area contributed by atoms with E-state index in [9.17, 15) is 9.18 Å². The molecule has 1 aliphatic carbocycles. The largest absolute Gasteiger partial charge is 0.318 e. The first-order chi connectivity index (χ1) is 17.5. The first-order valence-corrected chi connectivity index (χ1v) is 11.8. The fraction of sp³-hybridized carbons (Fsp3) is 0.214. The number of aryl methyl sites for hydroxylation is 1. The molecular weight excluding hydrogens is 455 g/mol. The Morgan fingerprint density at radius 3 is 2.78 bits per heavy atom. The van der Waals surface area contributed by atoms with Gasteiger partial charge in [-0.05, 0) is 79.8 Å². The number of carbonyl (C=O) groups is 1. The molecular formula is C28H25FN6O. The zero-order valence-corrected chi connectivity index (χ0v) is 19.8. The number of anilines is 1. The van der Waals surface area contributed by atoms with Crippen molar-refractivity contribution >= 4 is 17.3 Å². The maximum Gasteiger partial charge on any atom is 0.274 e. The Labute approximate surface area is 208 Å². The quantitative estimate of drug-likeness (QED) is 0.322. The third kappa shape index (κ3) is 5.16. The maximum absolute atomic E-state index is 14.9. The van der Waals surface area contributed by atoms with Crippen LogP contribution in [0.15, 0.2) is 73.1 Å². The molecule has 4 aromatic rings. The summed E-state index contributed by atoms with van der Waals surface area (Å²) in [5, 5.41) is 10.7. The van der Waals surface area contributed by atoms with Gasteiger partial charge < -0.3 is 10.6 Å². The van der Waals surface area contributed by atoms with Crippen LogP contribution in [-0.2, 0) is 0 Å². The Balaban J connectivity index is 1.44. The lowest BCUT2D eigenvalue weighted by Crippen LogP contribution is -2.25. The minimum absolute atomic E-state index is 0.0833. The van der Waals surface area contributed by atoms with Crippen LogP contribution in [0, 0.1) is 25.2 Å². The lowest BCUT2D eigenvalue weighted by Gasteiger charge is -2.20. The number of nitrogens with zero attached hydrogens (tertiary/aromatic N) is 4. The van der Waals surface area contributed by atoms with E-state index in [1.807, 2.05) is 12.1 Å². The van der Waals surface area contributed by atoms with E-state index >= 15 is 0 Å². The van der Waals surface area contributed by atoms with E-state index in [4.69, 9.17) is 6.57 Å². The summed E-state index contributed by atoms with van der Waals surface area (Å²) in [5.74, 6) is -0.366. The summed E-state index contributed by atoms with van der Waals surface area (Å²) in [6, 6.07) is 16.9. The molecule has 1 amide bonds. The minimum Gasteiger partial charge on any atom is -0.318 e. The number of carbonyl (C=O) groups excluding carboxylic acids is 1. The molecule has 2 aromatic heterocycles. The van der Waals surface area contributed by atoms with Gasteiger partial charge in [-0.1, -0.05) is 24.3 Å². The van der Waals surface area contributed by atoms with Gasteiger partial charge in [0.15, 0.2) is 5.69 Å². The fourth-order valence-electron chi connectivity index (χ4n) is 4.14. The standard InChI is InChI=1S/C28H25FN6O/c1-18-13-26(35(34-18)23-7-3-6-22(15-23)30-2)28(36)33-25-14-20(10-11-24(25)29)27(32-16-19-8-9-19)21-5-4-12-31-17-21/h3-7,10-15,17,19,27,32H,8-9,16H2,1H3,(H,33,36). The van der Waals surface area contributed by atoms with Crippen LogP contribution in [0.4, 0.5) is 15.8 Å². The SMILES string of the molecule is [C-]#[N+]c1cccc(-n2nc(C)cc2C(=O)Nc2cc(C(NCC3CC3)c3cccnc3)ccc2F)c1. The summed E-state index contributed by atoms with van der Waals surface area (Å²) in [6.07, 6.45) is 5.94. The van der Waals surface area contributed by atoms with E-state index in [0.29, 0.717) is 23.0 Å². The number of hydrogen-bond donors (Lipinski definition) is 2. The van der Waals surface area contributed by atoms with Crippen molar-refractivity contribution in [2.45, 2.75) is 25.8 Å². The number of aromatic nitrogens is 3. The highest BCUT2D eigenvalue weighted by molar-refractivity contribution is 6.03. The topological polar surface area (TPSA) is 76.2 Å². The van der Waals surface area contributed by atoms with E-state index < -0.39 is 11.7 Å². The van der Waals surface area contributed by atoms with Gasteiger partial charge in [0, 0.05) is 12.4 Å². The van der Waals surface area contributed by atoms with Crippen molar-refractivity contribution in [3.8, 4) is 5.69 Å².